The molecule has 21 heavy (non-hydrogen) atoms. The molecule has 0 radical (unpaired) electrons. The fraction of sp³-hybridized carbons (Fsp3) is 0.214. The molecule has 0 aromatic heterocycles. The predicted octanol–water partition coefficient (Wildman–Crippen LogP) is 2.25. The van der Waals surface area contributed by atoms with E-state index >= 15 is 0 Å². The second kappa shape index (κ2) is 8.76. The molecule has 7 heteroatoms. The molecule has 1 amide bonds. The van der Waals surface area contributed by atoms with Gasteiger partial charge in [-0.3, -0.25) is 9.59 Å². The lowest BCUT2D eigenvalue weighted by Gasteiger charge is -2.04. The Hall–Kier alpha value is -2.33. The molecule has 0 spiro atoms. The minimum atomic E-state index is -0.919. The summed E-state index contributed by atoms with van der Waals surface area (Å²) in [7, 11) is 0. The van der Waals surface area contributed by atoms with Crippen molar-refractivity contribution in [1.29, 1.82) is 5.26 Å². The van der Waals surface area contributed by atoms with E-state index in [1.54, 1.807) is 18.2 Å². The minimum absolute atomic E-state index is 0.0248. The summed E-state index contributed by atoms with van der Waals surface area (Å²) in [6.07, 6.45) is 1.61. The van der Waals surface area contributed by atoms with E-state index in [-0.39, 0.29) is 18.5 Å². The number of anilines is 1. The van der Waals surface area contributed by atoms with Crippen LogP contribution in [-0.2, 0) is 9.59 Å². The molecule has 1 rings (SSSR count). The number of hydrogen-bond acceptors (Lipinski definition) is 4. The van der Waals surface area contributed by atoms with Crippen LogP contribution < -0.4 is 10.6 Å². The molecule has 3 N–H and O–H groups in total. The van der Waals surface area contributed by atoms with Gasteiger partial charge in [-0.15, -0.1) is 0 Å². The summed E-state index contributed by atoms with van der Waals surface area (Å²) >= 11 is 3.31. The van der Waals surface area contributed by atoms with Gasteiger partial charge in [-0.05, 0) is 30.7 Å². The quantitative estimate of drug-likeness (QED) is 0.397. The van der Waals surface area contributed by atoms with Crippen LogP contribution in [0.4, 0.5) is 5.69 Å². The highest BCUT2D eigenvalue weighted by atomic mass is 79.9. The molecular formula is C14H14BrN3O3. The van der Waals surface area contributed by atoms with Crippen molar-refractivity contribution in [2.75, 3.05) is 11.9 Å². The molecule has 1 aromatic rings. The number of benzene rings is 1. The van der Waals surface area contributed by atoms with E-state index in [2.05, 4.69) is 26.6 Å². The largest absolute Gasteiger partial charge is 0.481 e. The monoisotopic (exact) mass is 351 g/mol. The van der Waals surface area contributed by atoms with Crippen molar-refractivity contribution in [3.05, 3.63) is 40.5 Å². The summed E-state index contributed by atoms with van der Waals surface area (Å²) in [6.45, 7) is 0.211. The summed E-state index contributed by atoms with van der Waals surface area (Å²) in [5.74, 6) is -1.45. The van der Waals surface area contributed by atoms with Gasteiger partial charge in [0.25, 0.3) is 5.91 Å². The number of amides is 1. The fourth-order valence-electron chi connectivity index (χ4n) is 1.39. The van der Waals surface area contributed by atoms with Crippen molar-refractivity contribution in [1.82, 2.24) is 5.32 Å². The third-order valence-electron chi connectivity index (χ3n) is 2.45. The Balaban J connectivity index is 2.51. The van der Waals surface area contributed by atoms with Gasteiger partial charge >= 0.3 is 5.97 Å². The van der Waals surface area contributed by atoms with Crippen LogP contribution in [0.15, 0.2) is 40.5 Å². The molecule has 0 atom stereocenters. The summed E-state index contributed by atoms with van der Waals surface area (Å²) in [5.41, 5.74) is 0.665. The van der Waals surface area contributed by atoms with Gasteiger partial charge in [0.2, 0.25) is 0 Å². The Morgan fingerprint density at radius 3 is 2.57 bits per heavy atom. The van der Waals surface area contributed by atoms with Gasteiger partial charge in [0, 0.05) is 29.3 Å². The minimum Gasteiger partial charge on any atom is -0.481 e. The van der Waals surface area contributed by atoms with Gasteiger partial charge < -0.3 is 15.7 Å². The first-order chi connectivity index (χ1) is 10.0. The number of carbonyl (C=O) groups is 2. The highest BCUT2D eigenvalue weighted by Crippen LogP contribution is 2.14. The number of nitrogens with zero attached hydrogens (tertiary/aromatic N) is 1. The smallest absolute Gasteiger partial charge is 0.303 e. The van der Waals surface area contributed by atoms with Crippen molar-refractivity contribution >= 4 is 33.5 Å². The molecule has 110 valence electrons. The van der Waals surface area contributed by atoms with Crippen LogP contribution >= 0.6 is 15.9 Å². The lowest BCUT2D eigenvalue weighted by molar-refractivity contribution is -0.137. The van der Waals surface area contributed by atoms with E-state index in [0.717, 1.165) is 10.2 Å². The second-order valence-electron chi connectivity index (χ2n) is 4.07. The first-order valence-electron chi connectivity index (χ1n) is 6.15. The third kappa shape index (κ3) is 6.58. The highest BCUT2D eigenvalue weighted by Gasteiger charge is 2.08. The Morgan fingerprint density at radius 1 is 1.33 bits per heavy atom. The van der Waals surface area contributed by atoms with E-state index in [1.165, 1.54) is 6.20 Å². The Morgan fingerprint density at radius 2 is 2.00 bits per heavy atom. The van der Waals surface area contributed by atoms with E-state index in [0.29, 0.717) is 6.42 Å². The van der Waals surface area contributed by atoms with Gasteiger partial charge in [0.1, 0.15) is 11.6 Å². The topological polar surface area (TPSA) is 102 Å². The van der Waals surface area contributed by atoms with Gasteiger partial charge in [-0.2, -0.15) is 5.26 Å². The lowest BCUT2D eigenvalue weighted by atomic mass is 10.2. The van der Waals surface area contributed by atoms with Crippen LogP contribution in [0.25, 0.3) is 0 Å². The highest BCUT2D eigenvalue weighted by molar-refractivity contribution is 9.10. The van der Waals surface area contributed by atoms with Gasteiger partial charge in [-0.25, -0.2) is 0 Å². The molecule has 1 aromatic carbocycles. The number of aliphatic carboxylic acids is 1. The molecule has 0 aliphatic rings. The first kappa shape index (κ1) is 16.7. The summed E-state index contributed by atoms with van der Waals surface area (Å²) < 4.78 is 0.925. The molecular weight excluding hydrogens is 338 g/mol. The van der Waals surface area contributed by atoms with Crippen LogP contribution in [0.5, 0.6) is 0 Å². The van der Waals surface area contributed by atoms with E-state index < -0.39 is 11.9 Å². The van der Waals surface area contributed by atoms with Crippen molar-refractivity contribution in [2.24, 2.45) is 0 Å². The van der Waals surface area contributed by atoms with Gasteiger partial charge in [0.15, 0.2) is 0 Å². The van der Waals surface area contributed by atoms with Gasteiger partial charge in [-0.1, -0.05) is 15.9 Å². The van der Waals surface area contributed by atoms with Crippen LogP contribution in [-0.4, -0.2) is 23.5 Å². The van der Waals surface area contributed by atoms with Crippen molar-refractivity contribution in [3.8, 4) is 6.07 Å². The second-order valence-corrected chi connectivity index (χ2v) is 4.99. The van der Waals surface area contributed by atoms with Crippen molar-refractivity contribution in [3.63, 3.8) is 0 Å². The molecule has 0 aliphatic carbocycles. The molecule has 0 unspecified atom stereocenters. The number of nitriles is 1. The standard InChI is InChI=1S/C14H14BrN3O3/c15-11-3-5-12(6-4-11)18-9-10(8-16)14(21)17-7-1-2-13(19)20/h3-6,9,18H,1-2,7H2,(H,17,21)(H,19,20)/b10-9-. The predicted molar refractivity (Wildman–Crippen MR) is 81.3 cm³/mol. The van der Waals surface area contributed by atoms with Gasteiger partial charge in [0.05, 0.1) is 0 Å². The summed E-state index contributed by atoms with van der Waals surface area (Å²) in [4.78, 5) is 22.0. The van der Waals surface area contributed by atoms with E-state index in [1.807, 2.05) is 12.1 Å². The zero-order valence-electron chi connectivity index (χ0n) is 11.1. The van der Waals surface area contributed by atoms with Crippen molar-refractivity contribution in [2.45, 2.75) is 12.8 Å². The number of carbonyl (C=O) groups excluding carboxylic acids is 1. The summed E-state index contributed by atoms with van der Waals surface area (Å²) in [6, 6.07) is 9.03. The average molecular weight is 352 g/mol. The number of halogens is 1. The van der Waals surface area contributed by atoms with E-state index in [9.17, 15) is 9.59 Å². The fourth-order valence-corrected chi connectivity index (χ4v) is 1.65. The zero-order chi connectivity index (χ0) is 15.7. The Kier molecular flexibility index (Phi) is 6.98. The third-order valence-corrected chi connectivity index (χ3v) is 2.97. The van der Waals surface area contributed by atoms with Crippen LogP contribution in [0, 0.1) is 11.3 Å². The number of carboxylic acids is 1. The Labute approximate surface area is 130 Å². The maximum absolute atomic E-state index is 11.7. The van der Waals surface area contributed by atoms with E-state index in [4.69, 9.17) is 10.4 Å². The molecule has 6 nitrogen and oxygen atoms in total. The average Bonchev–Trinajstić information content (AvgIpc) is 2.46. The molecule has 0 bridgehead atoms. The summed E-state index contributed by atoms with van der Waals surface area (Å²) in [5, 5.41) is 22.8. The normalized spacial score (nSPS) is 10.6. The first-order valence-corrected chi connectivity index (χ1v) is 6.94. The maximum Gasteiger partial charge on any atom is 0.303 e. The number of carboxylic acid groups (broad SMARTS) is 1. The van der Waals surface area contributed by atoms with Crippen molar-refractivity contribution < 1.29 is 14.7 Å². The molecule has 0 aliphatic heterocycles. The molecule has 0 heterocycles. The van der Waals surface area contributed by atoms with Crippen LogP contribution in [0.1, 0.15) is 12.8 Å². The molecule has 0 saturated carbocycles. The number of hydrogen-bond donors (Lipinski definition) is 3. The van der Waals surface area contributed by atoms with Crippen LogP contribution in [0.3, 0.4) is 0 Å². The maximum atomic E-state index is 11.7. The Bertz CT molecular complexity index is 576. The molecule has 0 fully saturated rings. The number of rotatable bonds is 7. The number of nitrogens with one attached hydrogen (secondary N) is 2. The zero-order valence-corrected chi connectivity index (χ0v) is 12.7. The SMILES string of the molecule is N#C/C(=C/Nc1ccc(Br)cc1)C(=O)NCCCC(=O)O. The van der Waals surface area contributed by atoms with Crippen LogP contribution in [0.2, 0.25) is 0 Å². The lowest BCUT2D eigenvalue weighted by Crippen LogP contribution is -2.26. The molecule has 0 saturated heterocycles.